The molecule has 0 saturated heterocycles. The molecule has 21 heavy (non-hydrogen) atoms. The van der Waals surface area contributed by atoms with Crippen LogP contribution in [-0.2, 0) is 10.0 Å². The fourth-order valence-corrected chi connectivity index (χ4v) is 2.64. The van der Waals surface area contributed by atoms with Crippen LogP contribution < -0.4 is 9.88 Å². The van der Waals surface area contributed by atoms with Crippen LogP contribution in [0.1, 0.15) is 12.8 Å². The monoisotopic (exact) mass is 325 g/mol. The third-order valence-electron chi connectivity index (χ3n) is 2.96. The second-order valence-corrected chi connectivity index (χ2v) is 6.79. The first-order valence-corrected chi connectivity index (χ1v) is 8.17. The first kappa shape index (κ1) is 14.2. The van der Waals surface area contributed by atoms with Crippen molar-refractivity contribution in [2.75, 3.05) is 0 Å². The summed E-state index contributed by atoms with van der Waals surface area (Å²) in [4.78, 5) is 8.15. The lowest BCUT2D eigenvalue weighted by Gasteiger charge is -2.06. The Balaban J connectivity index is 1.93. The van der Waals surface area contributed by atoms with E-state index in [0.717, 1.165) is 12.8 Å². The highest BCUT2D eigenvalue weighted by Crippen LogP contribution is 2.28. The molecule has 1 fully saturated rings. The van der Waals surface area contributed by atoms with Gasteiger partial charge in [0.15, 0.2) is 0 Å². The van der Waals surface area contributed by atoms with Crippen molar-refractivity contribution in [1.82, 2.24) is 9.97 Å². The molecule has 1 aromatic heterocycles. The molecular formula is C13H12ClN3O3S. The first-order chi connectivity index (χ1) is 9.91. The molecule has 1 saturated carbocycles. The third kappa shape index (κ3) is 3.49. The van der Waals surface area contributed by atoms with Gasteiger partial charge in [-0.1, -0.05) is 11.6 Å². The normalized spacial score (nSPS) is 15.0. The Hall–Kier alpha value is -1.70. The van der Waals surface area contributed by atoms with E-state index in [0.29, 0.717) is 17.1 Å². The summed E-state index contributed by atoms with van der Waals surface area (Å²) < 4.78 is 28.3. The van der Waals surface area contributed by atoms with Gasteiger partial charge < -0.3 is 4.74 Å². The van der Waals surface area contributed by atoms with Crippen molar-refractivity contribution < 1.29 is 13.2 Å². The number of ether oxygens (including phenoxy) is 1. The summed E-state index contributed by atoms with van der Waals surface area (Å²) in [6, 6.07) is 4.67. The minimum absolute atomic E-state index is 0.0525. The van der Waals surface area contributed by atoms with Gasteiger partial charge in [0.05, 0.1) is 4.90 Å². The largest absolute Gasteiger partial charge is 0.460 e. The second-order valence-electron chi connectivity index (χ2n) is 4.79. The maximum atomic E-state index is 11.4. The Bertz CT molecular complexity index is 774. The minimum Gasteiger partial charge on any atom is -0.460 e. The summed E-state index contributed by atoms with van der Waals surface area (Å²) in [7, 11) is -3.82. The highest BCUT2D eigenvalue weighted by atomic mass is 35.5. The van der Waals surface area contributed by atoms with E-state index in [9.17, 15) is 8.42 Å². The van der Waals surface area contributed by atoms with Crippen LogP contribution in [0, 0.1) is 0 Å². The summed E-state index contributed by atoms with van der Waals surface area (Å²) in [5, 5.41) is 5.39. The summed E-state index contributed by atoms with van der Waals surface area (Å²) in [6.07, 6.45) is 5.39. The number of nitrogens with zero attached hydrogens (tertiary/aromatic N) is 2. The van der Waals surface area contributed by atoms with Gasteiger partial charge in [-0.25, -0.2) is 23.5 Å². The first-order valence-electron chi connectivity index (χ1n) is 6.24. The van der Waals surface area contributed by atoms with Gasteiger partial charge in [0, 0.05) is 23.0 Å². The molecule has 110 valence electrons. The molecule has 0 unspecified atom stereocenters. The smallest absolute Gasteiger partial charge is 0.316 e. The SMILES string of the molecule is NS(=O)(=O)c1cc(Cl)cc(-c2cnc(OC3CC3)nc2)c1. The van der Waals surface area contributed by atoms with Crippen LogP contribution in [0.25, 0.3) is 11.1 Å². The molecule has 0 amide bonds. The standard InChI is InChI=1S/C13H12ClN3O3S/c14-10-3-8(4-12(5-10)21(15,18)19)9-6-16-13(17-7-9)20-11-1-2-11/h3-7,11H,1-2H2,(H2,15,18,19). The van der Waals surface area contributed by atoms with E-state index >= 15 is 0 Å². The van der Waals surface area contributed by atoms with Crippen LogP contribution in [0.4, 0.5) is 0 Å². The third-order valence-corrected chi connectivity index (χ3v) is 4.07. The molecule has 2 aromatic rings. The lowest BCUT2D eigenvalue weighted by Crippen LogP contribution is -2.12. The van der Waals surface area contributed by atoms with E-state index < -0.39 is 10.0 Å². The van der Waals surface area contributed by atoms with E-state index in [4.69, 9.17) is 21.5 Å². The van der Waals surface area contributed by atoms with E-state index in [-0.39, 0.29) is 16.0 Å². The topological polar surface area (TPSA) is 95.2 Å². The lowest BCUT2D eigenvalue weighted by atomic mass is 10.1. The predicted molar refractivity (Wildman–Crippen MR) is 77.5 cm³/mol. The number of hydrogen-bond donors (Lipinski definition) is 1. The molecule has 2 N–H and O–H groups in total. The quantitative estimate of drug-likeness (QED) is 0.927. The number of hydrogen-bond acceptors (Lipinski definition) is 5. The van der Waals surface area contributed by atoms with Gasteiger partial charge in [-0.05, 0) is 36.6 Å². The zero-order chi connectivity index (χ0) is 15.0. The molecule has 1 aliphatic rings. The fourth-order valence-electron chi connectivity index (χ4n) is 1.75. The summed E-state index contributed by atoms with van der Waals surface area (Å²) >= 11 is 5.93. The van der Waals surface area contributed by atoms with Gasteiger partial charge in [-0.2, -0.15) is 0 Å². The van der Waals surface area contributed by atoms with E-state index in [1.54, 1.807) is 18.5 Å². The van der Waals surface area contributed by atoms with Gasteiger partial charge in [0.25, 0.3) is 0 Å². The number of primary sulfonamides is 1. The molecule has 6 nitrogen and oxygen atoms in total. The van der Waals surface area contributed by atoms with Crippen LogP contribution >= 0.6 is 11.6 Å². The number of aromatic nitrogens is 2. The summed E-state index contributed by atoms with van der Waals surface area (Å²) in [5.41, 5.74) is 1.20. The van der Waals surface area contributed by atoms with Crippen molar-refractivity contribution in [2.45, 2.75) is 23.8 Å². The van der Waals surface area contributed by atoms with Gasteiger partial charge in [0.2, 0.25) is 10.0 Å². The summed E-state index contributed by atoms with van der Waals surface area (Å²) in [5.74, 6) is 0. The van der Waals surface area contributed by atoms with E-state index in [2.05, 4.69) is 9.97 Å². The molecule has 1 heterocycles. The van der Waals surface area contributed by atoms with Gasteiger partial charge in [-0.15, -0.1) is 0 Å². The Morgan fingerprint density at radius 2 is 1.81 bits per heavy atom. The molecule has 0 aliphatic heterocycles. The average molecular weight is 326 g/mol. The van der Waals surface area contributed by atoms with Crippen LogP contribution in [0.3, 0.4) is 0 Å². The van der Waals surface area contributed by atoms with Crippen molar-refractivity contribution in [3.8, 4) is 17.1 Å². The van der Waals surface area contributed by atoms with Gasteiger partial charge in [-0.3, -0.25) is 0 Å². The van der Waals surface area contributed by atoms with Crippen LogP contribution in [0.15, 0.2) is 35.5 Å². The molecule has 1 aromatic carbocycles. The minimum atomic E-state index is -3.82. The number of benzene rings is 1. The molecule has 0 atom stereocenters. The van der Waals surface area contributed by atoms with Crippen molar-refractivity contribution in [3.05, 3.63) is 35.6 Å². The van der Waals surface area contributed by atoms with Crippen molar-refractivity contribution in [1.29, 1.82) is 0 Å². The van der Waals surface area contributed by atoms with E-state index in [1.807, 2.05) is 0 Å². The highest BCUT2D eigenvalue weighted by Gasteiger charge is 2.24. The van der Waals surface area contributed by atoms with Crippen molar-refractivity contribution in [3.63, 3.8) is 0 Å². The van der Waals surface area contributed by atoms with Crippen molar-refractivity contribution >= 4 is 21.6 Å². The molecular weight excluding hydrogens is 314 g/mol. The van der Waals surface area contributed by atoms with Crippen LogP contribution in [0.5, 0.6) is 6.01 Å². The maximum Gasteiger partial charge on any atom is 0.316 e. The van der Waals surface area contributed by atoms with Crippen LogP contribution in [0.2, 0.25) is 5.02 Å². The van der Waals surface area contributed by atoms with E-state index in [1.165, 1.54) is 12.1 Å². The predicted octanol–water partition coefficient (Wildman–Crippen LogP) is 1.99. The fraction of sp³-hybridized carbons (Fsp3) is 0.231. The number of rotatable bonds is 4. The lowest BCUT2D eigenvalue weighted by molar-refractivity contribution is 0.278. The molecule has 0 spiro atoms. The average Bonchev–Trinajstić information content (AvgIpc) is 3.22. The number of sulfonamides is 1. The number of halogens is 1. The van der Waals surface area contributed by atoms with Gasteiger partial charge >= 0.3 is 6.01 Å². The Morgan fingerprint density at radius 3 is 2.38 bits per heavy atom. The Morgan fingerprint density at radius 1 is 1.14 bits per heavy atom. The molecule has 0 radical (unpaired) electrons. The molecule has 3 rings (SSSR count). The van der Waals surface area contributed by atoms with Crippen LogP contribution in [-0.4, -0.2) is 24.5 Å². The summed E-state index contributed by atoms with van der Waals surface area (Å²) in [6.45, 7) is 0. The maximum absolute atomic E-state index is 11.4. The van der Waals surface area contributed by atoms with Crippen molar-refractivity contribution in [2.24, 2.45) is 5.14 Å². The zero-order valence-corrected chi connectivity index (χ0v) is 12.4. The Labute approximate surface area is 127 Å². The Kier molecular flexibility index (Phi) is 3.56. The zero-order valence-electron chi connectivity index (χ0n) is 10.9. The molecule has 1 aliphatic carbocycles. The molecule has 0 bridgehead atoms. The highest BCUT2D eigenvalue weighted by molar-refractivity contribution is 7.89. The van der Waals surface area contributed by atoms with Gasteiger partial charge in [0.1, 0.15) is 6.10 Å². The molecule has 8 heteroatoms. The second kappa shape index (κ2) is 5.25. The number of nitrogens with two attached hydrogens (primary N) is 1.